The van der Waals surface area contributed by atoms with Crippen LogP contribution >= 0.6 is 39.5 Å². The lowest BCUT2D eigenvalue weighted by Gasteiger charge is -2.10. The molecule has 2 nitrogen and oxygen atoms in total. The Hall–Kier alpha value is -0.980. The molecular weight excluding hydrogens is 335 g/mol. The van der Waals surface area contributed by atoms with E-state index in [-0.39, 0.29) is 10.8 Å². The third-order valence-corrected chi connectivity index (χ3v) is 4.17. The molecule has 3 N–H and O–H groups in total. The van der Waals surface area contributed by atoms with Crippen molar-refractivity contribution in [1.29, 1.82) is 0 Å². The van der Waals surface area contributed by atoms with E-state index >= 15 is 0 Å². The van der Waals surface area contributed by atoms with Crippen molar-refractivity contribution in [2.24, 2.45) is 5.73 Å². The summed E-state index contributed by atoms with van der Waals surface area (Å²) in [6.45, 7) is 0.650. The standard InChI is InChI=1S/C12H10BrFN2S2/c13-11-4-2-8(18-11)6-16-10-3-1-7(14)5-9(10)12(15)17/h1-5,16H,6H2,(H2,15,17). The van der Waals surface area contributed by atoms with Gasteiger partial charge in [0.2, 0.25) is 0 Å². The van der Waals surface area contributed by atoms with Gasteiger partial charge in [-0.3, -0.25) is 0 Å². The number of nitrogens with two attached hydrogens (primary N) is 1. The van der Waals surface area contributed by atoms with Crippen molar-refractivity contribution >= 4 is 50.2 Å². The van der Waals surface area contributed by atoms with E-state index in [2.05, 4.69) is 21.2 Å². The molecule has 18 heavy (non-hydrogen) atoms. The quantitative estimate of drug-likeness (QED) is 0.826. The fraction of sp³-hybridized carbons (Fsp3) is 0.0833. The summed E-state index contributed by atoms with van der Waals surface area (Å²) >= 11 is 9.96. The van der Waals surface area contributed by atoms with Gasteiger partial charge in [-0.05, 0) is 46.3 Å². The first-order chi connectivity index (χ1) is 8.56. The zero-order chi connectivity index (χ0) is 13.1. The first kappa shape index (κ1) is 13.5. The van der Waals surface area contributed by atoms with E-state index in [1.807, 2.05) is 12.1 Å². The van der Waals surface area contributed by atoms with Crippen molar-refractivity contribution in [1.82, 2.24) is 0 Å². The molecule has 0 atom stereocenters. The zero-order valence-electron chi connectivity index (χ0n) is 9.24. The maximum atomic E-state index is 13.1. The van der Waals surface area contributed by atoms with Crippen molar-refractivity contribution in [3.05, 3.63) is 50.4 Å². The molecule has 2 rings (SSSR count). The summed E-state index contributed by atoms with van der Waals surface area (Å²) in [5.41, 5.74) is 6.85. The molecule has 6 heteroatoms. The Labute approximate surface area is 122 Å². The second kappa shape index (κ2) is 5.77. The fourth-order valence-corrected chi connectivity index (χ4v) is 3.10. The SMILES string of the molecule is NC(=S)c1cc(F)ccc1NCc1ccc(Br)s1. The van der Waals surface area contributed by atoms with Crippen LogP contribution in [0.5, 0.6) is 0 Å². The van der Waals surface area contributed by atoms with Gasteiger partial charge < -0.3 is 11.1 Å². The van der Waals surface area contributed by atoms with Crippen molar-refractivity contribution in [3.8, 4) is 0 Å². The van der Waals surface area contributed by atoms with E-state index in [0.29, 0.717) is 12.1 Å². The summed E-state index contributed by atoms with van der Waals surface area (Å²) in [4.78, 5) is 1.35. The first-order valence-electron chi connectivity index (χ1n) is 5.13. The molecule has 0 unspecified atom stereocenters. The third kappa shape index (κ3) is 3.28. The largest absolute Gasteiger partial charge is 0.389 e. The van der Waals surface area contributed by atoms with Crippen molar-refractivity contribution < 1.29 is 4.39 Å². The van der Waals surface area contributed by atoms with Crippen LogP contribution in [0.25, 0.3) is 0 Å². The van der Waals surface area contributed by atoms with Crippen molar-refractivity contribution in [3.63, 3.8) is 0 Å². The van der Waals surface area contributed by atoms with Crippen LogP contribution < -0.4 is 11.1 Å². The van der Waals surface area contributed by atoms with Gasteiger partial charge in [0, 0.05) is 22.7 Å². The molecular formula is C12H10BrFN2S2. The predicted octanol–water partition coefficient (Wildman–Crippen LogP) is 3.90. The van der Waals surface area contributed by atoms with Gasteiger partial charge in [0.05, 0.1) is 3.79 Å². The molecule has 0 saturated carbocycles. The van der Waals surface area contributed by atoms with Crippen LogP contribution in [0, 0.1) is 5.82 Å². The number of thiophene rings is 1. The molecule has 0 saturated heterocycles. The fourth-order valence-electron chi connectivity index (χ4n) is 1.50. The van der Waals surface area contributed by atoms with E-state index in [0.717, 1.165) is 9.47 Å². The Balaban J connectivity index is 2.16. The Morgan fingerprint density at radius 2 is 2.17 bits per heavy atom. The minimum absolute atomic E-state index is 0.185. The van der Waals surface area contributed by atoms with Crippen molar-refractivity contribution in [2.75, 3.05) is 5.32 Å². The molecule has 0 aliphatic carbocycles. The number of halogens is 2. The minimum Gasteiger partial charge on any atom is -0.389 e. The summed E-state index contributed by atoms with van der Waals surface area (Å²) in [6.07, 6.45) is 0. The van der Waals surface area contributed by atoms with E-state index in [9.17, 15) is 4.39 Å². The molecule has 0 aliphatic heterocycles. The highest BCUT2D eigenvalue weighted by Crippen LogP contribution is 2.24. The number of anilines is 1. The molecule has 0 spiro atoms. The normalized spacial score (nSPS) is 10.3. The van der Waals surface area contributed by atoms with Gasteiger partial charge in [-0.2, -0.15) is 0 Å². The van der Waals surface area contributed by atoms with E-state index in [1.54, 1.807) is 17.4 Å². The maximum Gasteiger partial charge on any atom is 0.124 e. The van der Waals surface area contributed by atoms with Crippen LogP contribution in [0.4, 0.5) is 10.1 Å². The Morgan fingerprint density at radius 3 is 2.78 bits per heavy atom. The maximum absolute atomic E-state index is 13.1. The predicted molar refractivity (Wildman–Crippen MR) is 81.6 cm³/mol. The number of benzene rings is 1. The molecule has 1 aromatic heterocycles. The molecule has 2 aromatic rings. The zero-order valence-corrected chi connectivity index (χ0v) is 12.5. The summed E-state index contributed by atoms with van der Waals surface area (Å²) in [7, 11) is 0. The van der Waals surface area contributed by atoms with Crippen LogP contribution in [0.1, 0.15) is 10.4 Å². The molecule has 0 aliphatic rings. The van der Waals surface area contributed by atoms with Gasteiger partial charge in [0.25, 0.3) is 0 Å². The number of thiocarbonyl (C=S) groups is 1. The lowest BCUT2D eigenvalue weighted by molar-refractivity contribution is 0.627. The Bertz CT molecular complexity index is 583. The van der Waals surface area contributed by atoms with E-state index < -0.39 is 0 Å². The summed E-state index contributed by atoms with van der Waals surface area (Å²) in [5, 5.41) is 3.21. The Kier molecular flexibility index (Phi) is 4.31. The second-order valence-electron chi connectivity index (χ2n) is 3.61. The van der Waals surface area contributed by atoms with Crippen LogP contribution in [0.15, 0.2) is 34.1 Å². The highest BCUT2D eigenvalue weighted by molar-refractivity contribution is 9.11. The smallest absolute Gasteiger partial charge is 0.124 e. The summed E-state index contributed by atoms with van der Waals surface area (Å²) < 4.78 is 14.2. The topological polar surface area (TPSA) is 38.0 Å². The van der Waals surface area contributed by atoms with Gasteiger partial charge in [-0.1, -0.05) is 12.2 Å². The van der Waals surface area contributed by atoms with Gasteiger partial charge >= 0.3 is 0 Å². The van der Waals surface area contributed by atoms with E-state index in [4.69, 9.17) is 18.0 Å². The summed E-state index contributed by atoms with van der Waals surface area (Å²) in [5.74, 6) is -0.345. The number of nitrogens with one attached hydrogen (secondary N) is 1. The number of hydrogen-bond donors (Lipinski definition) is 2. The molecule has 1 heterocycles. The van der Waals surface area contributed by atoms with Gasteiger partial charge in [0.1, 0.15) is 10.8 Å². The molecule has 0 radical (unpaired) electrons. The van der Waals surface area contributed by atoms with Gasteiger partial charge in [0.15, 0.2) is 0 Å². The van der Waals surface area contributed by atoms with Crippen LogP contribution in [0.2, 0.25) is 0 Å². The average Bonchev–Trinajstić information content (AvgIpc) is 2.73. The van der Waals surface area contributed by atoms with Gasteiger partial charge in [-0.15, -0.1) is 11.3 Å². The second-order valence-corrected chi connectivity index (χ2v) is 6.60. The first-order valence-corrected chi connectivity index (χ1v) is 7.15. The molecule has 0 bridgehead atoms. The lowest BCUT2D eigenvalue weighted by atomic mass is 10.1. The molecule has 0 fully saturated rings. The Morgan fingerprint density at radius 1 is 1.39 bits per heavy atom. The number of hydrogen-bond acceptors (Lipinski definition) is 3. The molecule has 94 valence electrons. The average molecular weight is 345 g/mol. The number of rotatable bonds is 4. The monoisotopic (exact) mass is 344 g/mol. The van der Waals surface area contributed by atoms with Crippen LogP contribution in [-0.2, 0) is 6.54 Å². The van der Waals surface area contributed by atoms with Gasteiger partial charge in [-0.25, -0.2) is 4.39 Å². The van der Waals surface area contributed by atoms with Crippen molar-refractivity contribution in [2.45, 2.75) is 6.54 Å². The highest BCUT2D eigenvalue weighted by atomic mass is 79.9. The van der Waals surface area contributed by atoms with E-state index in [1.165, 1.54) is 17.0 Å². The van der Waals surface area contributed by atoms with Crippen LogP contribution in [0.3, 0.4) is 0 Å². The highest BCUT2D eigenvalue weighted by Gasteiger charge is 2.07. The van der Waals surface area contributed by atoms with Crippen LogP contribution in [-0.4, -0.2) is 4.99 Å². The third-order valence-electron chi connectivity index (χ3n) is 2.33. The summed E-state index contributed by atoms with van der Waals surface area (Å²) in [6, 6.07) is 8.38. The minimum atomic E-state index is -0.345. The molecule has 1 aromatic carbocycles. The lowest BCUT2D eigenvalue weighted by Crippen LogP contribution is -2.13. The molecule has 0 amide bonds.